The average molecular weight is 230 g/mol. The smallest absolute Gasteiger partial charge is 0.237 e. The fraction of sp³-hybridized carbons (Fsp3) is 0.800. The molecule has 0 aliphatic heterocycles. The summed E-state index contributed by atoms with van der Waals surface area (Å²) in [5.41, 5.74) is 5.42. The van der Waals surface area contributed by atoms with E-state index in [9.17, 15) is 4.79 Å². The van der Waals surface area contributed by atoms with E-state index in [4.69, 9.17) is 10.9 Å². The first-order chi connectivity index (χ1) is 7.38. The van der Waals surface area contributed by atoms with E-state index in [-0.39, 0.29) is 29.7 Å². The Morgan fingerprint density at radius 1 is 1.38 bits per heavy atom. The minimum atomic E-state index is -0.295. The summed E-state index contributed by atoms with van der Waals surface area (Å²) in [6.07, 6.45) is 0. The number of carbonyl (C=O) groups excluding carboxylic acids is 1. The van der Waals surface area contributed by atoms with Gasteiger partial charge in [-0.3, -0.25) is 4.79 Å². The van der Waals surface area contributed by atoms with Crippen LogP contribution in [0.4, 0.5) is 0 Å². The van der Waals surface area contributed by atoms with Gasteiger partial charge in [-0.25, -0.2) is 0 Å². The van der Waals surface area contributed by atoms with Gasteiger partial charge in [0.25, 0.3) is 0 Å². The molecule has 0 aromatic rings. The third kappa shape index (κ3) is 5.55. The first-order valence-corrected chi connectivity index (χ1v) is 5.39. The number of hydrogen-bond donors (Lipinski definition) is 4. The normalized spacial score (nSPS) is 15.9. The lowest BCUT2D eigenvalue weighted by molar-refractivity contribution is -0.123. The lowest BCUT2D eigenvalue weighted by Crippen LogP contribution is -2.46. The van der Waals surface area contributed by atoms with Crippen molar-refractivity contribution < 1.29 is 10.0 Å². The highest BCUT2D eigenvalue weighted by molar-refractivity contribution is 5.83. The van der Waals surface area contributed by atoms with Crippen molar-refractivity contribution in [3.63, 3.8) is 0 Å². The molecule has 94 valence electrons. The van der Waals surface area contributed by atoms with Crippen molar-refractivity contribution in [1.29, 1.82) is 0 Å². The summed E-state index contributed by atoms with van der Waals surface area (Å²) in [5.74, 6) is -0.00928. The van der Waals surface area contributed by atoms with Gasteiger partial charge in [-0.1, -0.05) is 12.1 Å². The molecule has 5 N–H and O–H groups in total. The first-order valence-electron chi connectivity index (χ1n) is 5.39. The maximum absolute atomic E-state index is 11.5. The number of oxime groups is 1. The van der Waals surface area contributed by atoms with Crippen molar-refractivity contribution in [2.24, 2.45) is 16.8 Å². The molecule has 0 radical (unpaired) electrons. The molecular weight excluding hydrogens is 208 g/mol. The zero-order valence-corrected chi connectivity index (χ0v) is 10.3. The van der Waals surface area contributed by atoms with Crippen molar-refractivity contribution in [2.75, 3.05) is 6.54 Å². The number of carbonyl (C=O) groups is 1. The summed E-state index contributed by atoms with van der Waals surface area (Å²) < 4.78 is 0. The summed E-state index contributed by atoms with van der Waals surface area (Å²) in [6, 6.07) is -0.172. The van der Waals surface area contributed by atoms with Gasteiger partial charge >= 0.3 is 0 Å². The van der Waals surface area contributed by atoms with Gasteiger partial charge in [0, 0.05) is 18.5 Å². The summed E-state index contributed by atoms with van der Waals surface area (Å²) in [6.45, 7) is 7.89. The molecule has 0 saturated carbocycles. The third-order valence-corrected chi connectivity index (χ3v) is 2.17. The predicted molar refractivity (Wildman–Crippen MR) is 63.3 cm³/mol. The Kier molecular flexibility index (Phi) is 6.48. The van der Waals surface area contributed by atoms with Gasteiger partial charge in [0.05, 0.1) is 6.04 Å². The van der Waals surface area contributed by atoms with Crippen molar-refractivity contribution in [2.45, 2.75) is 39.8 Å². The van der Waals surface area contributed by atoms with E-state index in [1.54, 1.807) is 6.92 Å². The molecule has 2 unspecified atom stereocenters. The van der Waals surface area contributed by atoms with E-state index in [0.717, 1.165) is 0 Å². The van der Waals surface area contributed by atoms with Gasteiger partial charge in [0.2, 0.25) is 5.91 Å². The fourth-order valence-corrected chi connectivity index (χ4v) is 1.06. The largest absolute Gasteiger partial charge is 0.409 e. The van der Waals surface area contributed by atoms with Crippen LogP contribution in [-0.2, 0) is 4.79 Å². The summed E-state index contributed by atoms with van der Waals surface area (Å²) >= 11 is 0. The van der Waals surface area contributed by atoms with Crippen LogP contribution < -0.4 is 16.4 Å². The van der Waals surface area contributed by atoms with E-state index < -0.39 is 0 Å². The van der Waals surface area contributed by atoms with Crippen LogP contribution in [0.5, 0.6) is 0 Å². The quantitative estimate of drug-likeness (QED) is 0.221. The number of nitrogens with two attached hydrogens (primary N) is 1. The molecule has 0 saturated heterocycles. The van der Waals surface area contributed by atoms with E-state index in [1.807, 2.05) is 20.8 Å². The van der Waals surface area contributed by atoms with Crippen LogP contribution in [0, 0.1) is 5.92 Å². The minimum absolute atomic E-state index is 0.0540. The molecule has 0 rings (SSSR count). The first kappa shape index (κ1) is 14.7. The molecule has 1 amide bonds. The van der Waals surface area contributed by atoms with Crippen LogP contribution in [-0.4, -0.2) is 35.6 Å². The highest BCUT2D eigenvalue weighted by atomic mass is 16.4. The summed E-state index contributed by atoms with van der Waals surface area (Å²) in [4.78, 5) is 11.5. The number of nitrogens with zero attached hydrogens (tertiary/aromatic N) is 1. The van der Waals surface area contributed by atoms with E-state index in [2.05, 4.69) is 15.8 Å². The number of hydrogen-bond acceptors (Lipinski definition) is 4. The van der Waals surface area contributed by atoms with Crippen molar-refractivity contribution in [1.82, 2.24) is 10.6 Å². The number of nitrogens with one attached hydrogen (secondary N) is 2. The third-order valence-electron chi connectivity index (χ3n) is 2.17. The zero-order valence-electron chi connectivity index (χ0n) is 10.3. The molecule has 6 heteroatoms. The lowest BCUT2D eigenvalue weighted by atomic mass is 10.1. The fourth-order valence-electron chi connectivity index (χ4n) is 1.06. The molecule has 16 heavy (non-hydrogen) atoms. The Hall–Kier alpha value is -1.30. The number of amidine groups is 1. The van der Waals surface area contributed by atoms with Crippen molar-refractivity contribution >= 4 is 11.7 Å². The summed E-state index contributed by atoms with van der Waals surface area (Å²) in [5, 5.41) is 17.2. The standard InChI is InChI=1S/C10H22N4O2/c1-6(2)13-10(15)8(4)12-5-7(3)9(11)14-16/h6-8,12,16H,5H2,1-4H3,(H2,11,14)(H,13,15). The van der Waals surface area contributed by atoms with Gasteiger partial charge < -0.3 is 21.6 Å². The molecule has 2 atom stereocenters. The maximum Gasteiger partial charge on any atom is 0.237 e. The van der Waals surface area contributed by atoms with Crippen LogP contribution in [0.2, 0.25) is 0 Å². The average Bonchev–Trinajstić information content (AvgIpc) is 2.23. The Morgan fingerprint density at radius 3 is 2.38 bits per heavy atom. The highest BCUT2D eigenvalue weighted by Gasteiger charge is 2.15. The van der Waals surface area contributed by atoms with E-state index in [0.29, 0.717) is 6.54 Å². The van der Waals surface area contributed by atoms with Crippen molar-refractivity contribution in [3.8, 4) is 0 Å². The van der Waals surface area contributed by atoms with Gasteiger partial charge in [0.15, 0.2) is 0 Å². The van der Waals surface area contributed by atoms with Crippen LogP contribution in [0.3, 0.4) is 0 Å². The maximum atomic E-state index is 11.5. The lowest BCUT2D eigenvalue weighted by Gasteiger charge is -2.18. The molecule has 0 aromatic carbocycles. The van der Waals surface area contributed by atoms with Crippen LogP contribution in [0.15, 0.2) is 5.16 Å². The van der Waals surface area contributed by atoms with E-state index >= 15 is 0 Å². The van der Waals surface area contributed by atoms with Gasteiger partial charge in [0.1, 0.15) is 5.84 Å². The second kappa shape index (κ2) is 7.05. The van der Waals surface area contributed by atoms with E-state index in [1.165, 1.54) is 0 Å². The monoisotopic (exact) mass is 230 g/mol. The number of amides is 1. The van der Waals surface area contributed by atoms with Crippen LogP contribution in [0.25, 0.3) is 0 Å². The minimum Gasteiger partial charge on any atom is -0.409 e. The molecule has 0 heterocycles. The molecule has 0 fully saturated rings. The molecule has 6 nitrogen and oxygen atoms in total. The van der Waals surface area contributed by atoms with Crippen LogP contribution in [0.1, 0.15) is 27.7 Å². The predicted octanol–water partition coefficient (Wildman–Crippen LogP) is -0.128. The molecular formula is C10H22N4O2. The summed E-state index contributed by atoms with van der Waals surface area (Å²) in [7, 11) is 0. The Labute approximate surface area is 96.3 Å². The van der Waals surface area contributed by atoms with Gasteiger partial charge in [-0.15, -0.1) is 0 Å². The van der Waals surface area contributed by atoms with Gasteiger partial charge in [-0.05, 0) is 20.8 Å². The highest BCUT2D eigenvalue weighted by Crippen LogP contribution is 1.94. The molecule has 0 aliphatic rings. The Bertz CT molecular complexity index is 253. The Morgan fingerprint density at radius 2 is 1.94 bits per heavy atom. The SMILES string of the molecule is CC(C)NC(=O)C(C)NCC(C)C(N)=NO. The Balaban J connectivity index is 3.97. The molecule has 0 aromatic heterocycles. The topological polar surface area (TPSA) is 99.7 Å². The number of rotatable bonds is 6. The van der Waals surface area contributed by atoms with Crippen molar-refractivity contribution in [3.05, 3.63) is 0 Å². The molecule has 0 bridgehead atoms. The second-order valence-electron chi connectivity index (χ2n) is 4.22. The van der Waals surface area contributed by atoms with Crippen LogP contribution >= 0.6 is 0 Å². The van der Waals surface area contributed by atoms with Gasteiger partial charge in [-0.2, -0.15) is 0 Å². The molecule has 0 aliphatic carbocycles. The second-order valence-corrected chi connectivity index (χ2v) is 4.22. The zero-order chi connectivity index (χ0) is 12.7. The molecule has 0 spiro atoms.